The number of aromatic nitrogens is 1. The Morgan fingerprint density at radius 2 is 2.35 bits per heavy atom. The van der Waals surface area contributed by atoms with Crippen LogP contribution >= 0.6 is 15.9 Å². The summed E-state index contributed by atoms with van der Waals surface area (Å²) in [6.07, 6.45) is 1.97. The number of carbonyl (C=O) groups excluding carboxylic acids is 1. The number of hydrogen-bond acceptors (Lipinski definition) is 3. The molecule has 1 heterocycles. The number of carbonyl (C=O) groups is 1. The molecule has 2 N–H and O–H groups in total. The number of aliphatic hydroxyl groups is 1. The number of nitrogens with zero attached hydrogens (tertiary/aromatic N) is 1. The Hall–Kier alpha value is -0.940. The van der Waals surface area contributed by atoms with Crippen LogP contribution in [0.2, 0.25) is 0 Å². The lowest BCUT2D eigenvalue weighted by Gasteiger charge is -2.17. The molecule has 5 heteroatoms. The van der Waals surface area contributed by atoms with E-state index in [1.807, 2.05) is 13.8 Å². The van der Waals surface area contributed by atoms with Crippen LogP contribution < -0.4 is 5.32 Å². The molecule has 4 nitrogen and oxygen atoms in total. The first-order valence-electron chi connectivity index (χ1n) is 5.63. The average Bonchev–Trinajstić information content (AvgIpc) is 2.35. The van der Waals surface area contributed by atoms with Gasteiger partial charge < -0.3 is 10.4 Å². The molecule has 1 aromatic heterocycles. The zero-order valence-electron chi connectivity index (χ0n) is 9.98. The number of halogens is 1. The van der Waals surface area contributed by atoms with Gasteiger partial charge in [0.15, 0.2) is 0 Å². The normalized spacial score (nSPS) is 14.1. The van der Waals surface area contributed by atoms with Crippen LogP contribution in [0.25, 0.3) is 0 Å². The summed E-state index contributed by atoms with van der Waals surface area (Å²) in [7, 11) is 0. The SMILES string of the molecule is CCC(C)C(O)CNC(=O)c1cccnc1Br. The molecule has 0 aliphatic heterocycles. The van der Waals surface area contributed by atoms with Crippen molar-refractivity contribution in [3.8, 4) is 0 Å². The molecule has 0 aromatic carbocycles. The monoisotopic (exact) mass is 300 g/mol. The van der Waals surface area contributed by atoms with E-state index in [0.717, 1.165) is 6.42 Å². The Bertz CT molecular complexity index is 385. The lowest BCUT2D eigenvalue weighted by molar-refractivity contribution is 0.0849. The predicted molar refractivity (Wildman–Crippen MR) is 69.7 cm³/mol. The van der Waals surface area contributed by atoms with Crippen LogP contribution in [0, 0.1) is 5.92 Å². The molecule has 94 valence electrons. The second-order valence-corrected chi connectivity index (χ2v) is 4.76. The van der Waals surface area contributed by atoms with Crippen LogP contribution in [0.5, 0.6) is 0 Å². The van der Waals surface area contributed by atoms with Crippen LogP contribution in [0.1, 0.15) is 30.6 Å². The summed E-state index contributed by atoms with van der Waals surface area (Å²) < 4.78 is 0.510. The van der Waals surface area contributed by atoms with Gasteiger partial charge in [-0.2, -0.15) is 0 Å². The largest absolute Gasteiger partial charge is 0.391 e. The minimum atomic E-state index is -0.514. The van der Waals surface area contributed by atoms with Crippen LogP contribution in [-0.4, -0.2) is 28.6 Å². The number of nitrogens with one attached hydrogen (secondary N) is 1. The summed E-state index contributed by atoms with van der Waals surface area (Å²) in [5.74, 6) is -0.0556. The molecule has 1 rings (SSSR count). The maximum absolute atomic E-state index is 11.8. The molecule has 2 atom stereocenters. The minimum absolute atomic E-state index is 0.174. The van der Waals surface area contributed by atoms with Gasteiger partial charge in [0.2, 0.25) is 0 Å². The highest BCUT2D eigenvalue weighted by atomic mass is 79.9. The second kappa shape index (κ2) is 6.71. The molecular weight excluding hydrogens is 284 g/mol. The lowest BCUT2D eigenvalue weighted by atomic mass is 10.0. The van der Waals surface area contributed by atoms with Gasteiger partial charge in [0.1, 0.15) is 4.60 Å². The van der Waals surface area contributed by atoms with E-state index in [1.54, 1.807) is 18.3 Å². The van der Waals surface area contributed by atoms with Gasteiger partial charge in [-0.05, 0) is 34.0 Å². The van der Waals surface area contributed by atoms with Crippen LogP contribution in [0.15, 0.2) is 22.9 Å². The fourth-order valence-electron chi connectivity index (χ4n) is 1.32. The molecule has 0 bridgehead atoms. The van der Waals surface area contributed by atoms with E-state index in [2.05, 4.69) is 26.2 Å². The number of amides is 1. The van der Waals surface area contributed by atoms with Crippen LogP contribution in [0.4, 0.5) is 0 Å². The van der Waals surface area contributed by atoms with Crippen molar-refractivity contribution >= 4 is 21.8 Å². The average molecular weight is 301 g/mol. The molecule has 0 radical (unpaired) electrons. The Balaban J connectivity index is 2.54. The lowest BCUT2D eigenvalue weighted by Crippen LogP contribution is -2.35. The van der Waals surface area contributed by atoms with E-state index in [4.69, 9.17) is 0 Å². The summed E-state index contributed by atoms with van der Waals surface area (Å²) in [4.78, 5) is 15.8. The van der Waals surface area contributed by atoms with Gasteiger partial charge >= 0.3 is 0 Å². The second-order valence-electron chi connectivity index (χ2n) is 4.00. The van der Waals surface area contributed by atoms with Crippen molar-refractivity contribution in [3.63, 3.8) is 0 Å². The maximum Gasteiger partial charge on any atom is 0.254 e. The molecule has 1 aromatic rings. The van der Waals surface area contributed by atoms with Crippen molar-refractivity contribution < 1.29 is 9.90 Å². The Morgan fingerprint density at radius 1 is 1.65 bits per heavy atom. The van der Waals surface area contributed by atoms with Crippen LogP contribution in [-0.2, 0) is 0 Å². The molecular formula is C12H17BrN2O2. The van der Waals surface area contributed by atoms with E-state index in [1.165, 1.54) is 0 Å². The van der Waals surface area contributed by atoms with Crippen molar-refractivity contribution in [1.29, 1.82) is 0 Å². The Labute approximate surface area is 110 Å². The third-order valence-corrected chi connectivity index (χ3v) is 3.41. The van der Waals surface area contributed by atoms with E-state index in [0.29, 0.717) is 10.2 Å². The first-order valence-corrected chi connectivity index (χ1v) is 6.42. The maximum atomic E-state index is 11.8. The zero-order chi connectivity index (χ0) is 12.8. The van der Waals surface area contributed by atoms with Crippen molar-refractivity contribution in [2.24, 2.45) is 5.92 Å². The highest BCUT2D eigenvalue weighted by Gasteiger charge is 2.15. The van der Waals surface area contributed by atoms with Crippen molar-refractivity contribution in [2.45, 2.75) is 26.4 Å². The van der Waals surface area contributed by atoms with Gasteiger partial charge in [-0.15, -0.1) is 0 Å². The predicted octanol–water partition coefficient (Wildman–Crippen LogP) is 1.98. The topological polar surface area (TPSA) is 62.2 Å². The van der Waals surface area contributed by atoms with Gasteiger partial charge in [-0.3, -0.25) is 4.79 Å². The van der Waals surface area contributed by atoms with Gasteiger partial charge in [-0.25, -0.2) is 4.98 Å². The molecule has 0 spiro atoms. The van der Waals surface area contributed by atoms with Gasteiger partial charge in [-0.1, -0.05) is 20.3 Å². The van der Waals surface area contributed by atoms with Crippen molar-refractivity contribution in [1.82, 2.24) is 10.3 Å². The van der Waals surface area contributed by atoms with Crippen molar-refractivity contribution in [2.75, 3.05) is 6.54 Å². The summed E-state index contributed by atoms with van der Waals surface area (Å²) in [5.41, 5.74) is 0.476. The summed E-state index contributed by atoms with van der Waals surface area (Å²) in [6, 6.07) is 3.38. The fraction of sp³-hybridized carbons (Fsp3) is 0.500. The molecule has 2 unspecified atom stereocenters. The molecule has 1 amide bonds. The molecule has 0 aliphatic rings. The van der Waals surface area contributed by atoms with Crippen LogP contribution in [0.3, 0.4) is 0 Å². The molecule has 0 aliphatic carbocycles. The zero-order valence-corrected chi connectivity index (χ0v) is 11.6. The Kier molecular flexibility index (Phi) is 5.58. The third-order valence-electron chi connectivity index (χ3n) is 2.78. The van der Waals surface area contributed by atoms with Gasteiger partial charge in [0, 0.05) is 12.7 Å². The van der Waals surface area contributed by atoms with E-state index in [9.17, 15) is 9.90 Å². The first kappa shape index (κ1) is 14.1. The highest BCUT2D eigenvalue weighted by Crippen LogP contribution is 2.12. The number of pyridine rings is 1. The van der Waals surface area contributed by atoms with Gasteiger partial charge in [0.25, 0.3) is 5.91 Å². The summed E-state index contributed by atoms with van der Waals surface area (Å²) in [5, 5.41) is 12.4. The van der Waals surface area contributed by atoms with E-state index in [-0.39, 0.29) is 18.4 Å². The number of rotatable bonds is 5. The number of aliphatic hydroxyl groups excluding tert-OH is 1. The minimum Gasteiger partial charge on any atom is -0.391 e. The third kappa shape index (κ3) is 4.09. The standard InChI is InChI=1S/C12H17BrN2O2/c1-3-8(2)10(16)7-15-12(17)9-5-4-6-14-11(9)13/h4-6,8,10,16H,3,7H2,1-2H3,(H,15,17). The number of hydrogen-bond donors (Lipinski definition) is 2. The van der Waals surface area contributed by atoms with E-state index >= 15 is 0 Å². The first-order chi connectivity index (χ1) is 8.06. The highest BCUT2D eigenvalue weighted by molar-refractivity contribution is 9.10. The smallest absolute Gasteiger partial charge is 0.254 e. The Morgan fingerprint density at radius 3 is 2.94 bits per heavy atom. The quantitative estimate of drug-likeness (QED) is 0.818. The van der Waals surface area contributed by atoms with Crippen molar-refractivity contribution in [3.05, 3.63) is 28.5 Å². The summed E-state index contributed by atoms with van der Waals surface area (Å²) >= 11 is 3.21. The summed E-state index contributed by atoms with van der Waals surface area (Å²) in [6.45, 7) is 4.22. The molecule has 0 saturated carbocycles. The van der Waals surface area contributed by atoms with Gasteiger partial charge in [0.05, 0.1) is 11.7 Å². The van der Waals surface area contributed by atoms with E-state index < -0.39 is 6.10 Å². The molecule has 0 fully saturated rings. The molecule has 0 saturated heterocycles. The molecule has 17 heavy (non-hydrogen) atoms. The fourth-order valence-corrected chi connectivity index (χ4v) is 1.75.